The Kier molecular flexibility index (Phi) is 9.20. The molecule has 12 nitrogen and oxygen atoms in total. The zero-order chi connectivity index (χ0) is 25.3. The van der Waals surface area contributed by atoms with Crippen molar-refractivity contribution in [1.29, 1.82) is 0 Å². The minimum absolute atomic E-state index is 0.0979. The zero-order valence-corrected chi connectivity index (χ0v) is 21.3. The van der Waals surface area contributed by atoms with Gasteiger partial charge in [-0.1, -0.05) is 35.8 Å². The van der Waals surface area contributed by atoms with Crippen LogP contribution in [-0.2, 0) is 16.0 Å². The fourth-order valence-electron chi connectivity index (χ4n) is 4.91. The van der Waals surface area contributed by atoms with E-state index in [1.54, 1.807) is 0 Å². The van der Waals surface area contributed by atoms with Crippen molar-refractivity contribution in [2.75, 3.05) is 11.9 Å². The Morgan fingerprint density at radius 1 is 0.972 bits per heavy atom. The van der Waals surface area contributed by atoms with Gasteiger partial charge in [-0.25, -0.2) is 9.48 Å². The number of nitrogens with one attached hydrogen (secondary N) is 3. The summed E-state index contributed by atoms with van der Waals surface area (Å²) in [7, 11) is 0. The van der Waals surface area contributed by atoms with Gasteiger partial charge in [0.15, 0.2) is 0 Å². The van der Waals surface area contributed by atoms with E-state index in [9.17, 15) is 14.4 Å². The lowest BCUT2D eigenvalue weighted by Crippen LogP contribution is -2.38. The molecule has 4 amide bonds. The van der Waals surface area contributed by atoms with E-state index in [1.165, 1.54) is 30.6 Å². The molecule has 0 saturated heterocycles. The summed E-state index contributed by atoms with van der Waals surface area (Å²) in [5, 5.41) is 26.6. The molecular weight excluding hydrogens is 482 g/mol. The molecule has 2 heterocycles. The van der Waals surface area contributed by atoms with Gasteiger partial charge in [0.2, 0.25) is 16.9 Å². The maximum atomic E-state index is 12.4. The van der Waals surface area contributed by atoms with Gasteiger partial charge in [-0.05, 0) is 38.5 Å². The second-order valence-corrected chi connectivity index (χ2v) is 10.6. The summed E-state index contributed by atoms with van der Waals surface area (Å²) in [6.45, 7) is 0.424. The molecule has 5 N–H and O–H groups in total. The average molecular weight is 518 g/mol. The molecule has 0 radical (unpaired) electrons. The molecule has 2 aromatic heterocycles. The van der Waals surface area contributed by atoms with Gasteiger partial charge in [0.05, 0.1) is 11.7 Å². The van der Waals surface area contributed by atoms with E-state index in [2.05, 4.69) is 36.5 Å². The third kappa shape index (κ3) is 7.70. The van der Waals surface area contributed by atoms with E-state index in [1.807, 2.05) is 10.9 Å². The normalized spacial score (nSPS) is 20.6. The van der Waals surface area contributed by atoms with E-state index < -0.39 is 6.03 Å². The number of amides is 4. The first-order valence-electron chi connectivity index (χ1n) is 12.8. The number of anilines is 1. The lowest BCUT2D eigenvalue weighted by molar-refractivity contribution is -0.125. The topological polar surface area (TPSA) is 170 Å². The molecule has 2 aliphatic rings. The van der Waals surface area contributed by atoms with Gasteiger partial charge in [0.1, 0.15) is 5.01 Å². The number of nitrogens with zero attached hydrogens (tertiary/aromatic N) is 5. The van der Waals surface area contributed by atoms with Crippen molar-refractivity contribution in [3.05, 3.63) is 16.9 Å². The van der Waals surface area contributed by atoms with Gasteiger partial charge in [-0.15, -0.1) is 15.3 Å². The minimum Gasteiger partial charge on any atom is -0.353 e. The number of carbonyl (C=O) groups is 3. The predicted molar refractivity (Wildman–Crippen MR) is 134 cm³/mol. The molecule has 2 aromatic rings. The fraction of sp³-hybridized carbons (Fsp3) is 0.696. The van der Waals surface area contributed by atoms with Gasteiger partial charge in [0.25, 0.3) is 0 Å². The largest absolute Gasteiger partial charge is 0.353 e. The van der Waals surface area contributed by atoms with Crippen LogP contribution in [0.5, 0.6) is 0 Å². The van der Waals surface area contributed by atoms with Crippen molar-refractivity contribution in [2.24, 2.45) is 5.73 Å². The van der Waals surface area contributed by atoms with Crippen molar-refractivity contribution in [3.63, 3.8) is 0 Å². The van der Waals surface area contributed by atoms with Crippen LogP contribution in [-0.4, -0.2) is 55.6 Å². The molecule has 13 heteroatoms. The Labute approximate surface area is 214 Å². The van der Waals surface area contributed by atoms with Crippen LogP contribution in [0.3, 0.4) is 0 Å². The molecule has 196 valence electrons. The number of nitrogens with two attached hydrogens (primary N) is 1. The number of urea groups is 1. The zero-order valence-electron chi connectivity index (χ0n) is 20.4. The third-order valence-electron chi connectivity index (χ3n) is 6.89. The molecule has 2 aliphatic carbocycles. The average Bonchev–Trinajstić information content (AvgIpc) is 3.54. The Hall–Kier alpha value is -3.09. The Bertz CT molecular complexity index is 1030. The lowest BCUT2D eigenvalue weighted by atomic mass is 9.90. The summed E-state index contributed by atoms with van der Waals surface area (Å²) in [6.07, 6.45) is 12.2. The minimum atomic E-state index is -0.552. The summed E-state index contributed by atoms with van der Waals surface area (Å²) < 4.78 is 1.87. The van der Waals surface area contributed by atoms with E-state index in [0.29, 0.717) is 24.0 Å². The van der Waals surface area contributed by atoms with Gasteiger partial charge in [-0.3, -0.25) is 9.59 Å². The smallest absolute Gasteiger partial charge is 0.312 e. The lowest BCUT2D eigenvalue weighted by Gasteiger charge is -2.29. The number of carbonyl (C=O) groups excluding carboxylic acids is 3. The summed E-state index contributed by atoms with van der Waals surface area (Å²) >= 11 is 1.45. The van der Waals surface area contributed by atoms with Gasteiger partial charge in [-0.2, -0.15) is 0 Å². The highest BCUT2D eigenvalue weighted by atomic mass is 32.1. The summed E-state index contributed by atoms with van der Waals surface area (Å²) in [4.78, 5) is 35.5. The van der Waals surface area contributed by atoms with Crippen molar-refractivity contribution in [1.82, 2.24) is 35.8 Å². The maximum Gasteiger partial charge on any atom is 0.312 e. The SMILES string of the molecule is NC(=O)NCCc1cn(C2CCC(NC(=O)CCC(=O)Nc3nnc(C4CCCCC4)s3)CC2)nn1. The first kappa shape index (κ1) is 26.0. The monoisotopic (exact) mass is 517 g/mol. The summed E-state index contributed by atoms with van der Waals surface area (Å²) in [5.41, 5.74) is 5.87. The van der Waals surface area contributed by atoms with E-state index in [0.717, 1.165) is 49.2 Å². The van der Waals surface area contributed by atoms with E-state index in [4.69, 9.17) is 5.73 Å². The molecule has 0 aliphatic heterocycles. The van der Waals surface area contributed by atoms with Crippen molar-refractivity contribution in [2.45, 2.75) is 95.1 Å². The van der Waals surface area contributed by atoms with Crippen LogP contribution >= 0.6 is 11.3 Å². The molecule has 0 unspecified atom stereocenters. The quantitative estimate of drug-likeness (QED) is 0.375. The van der Waals surface area contributed by atoms with E-state index >= 15 is 0 Å². The van der Waals surface area contributed by atoms with Crippen LogP contribution in [0.4, 0.5) is 9.93 Å². The van der Waals surface area contributed by atoms with Crippen molar-refractivity contribution < 1.29 is 14.4 Å². The van der Waals surface area contributed by atoms with Crippen molar-refractivity contribution in [3.8, 4) is 0 Å². The van der Waals surface area contributed by atoms with Crippen LogP contribution in [0, 0.1) is 0 Å². The number of hydrogen-bond donors (Lipinski definition) is 4. The molecule has 0 spiro atoms. The Morgan fingerprint density at radius 2 is 1.72 bits per heavy atom. The first-order valence-corrected chi connectivity index (χ1v) is 13.6. The molecule has 0 bridgehead atoms. The molecule has 0 aromatic carbocycles. The third-order valence-corrected chi connectivity index (χ3v) is 7.90. The maximum absolute atomic E-state index is 12.4. The second kappa shape index (κ2) is 12.7. The second-order valence-electron chi connectivity index (χ2n) is 9.63. The van der Waals surface area contributed by atoms with Crippen LogP contribution in [0.15, 0.2) is 6.20 Å². The number of rotatable bonds is 10. The highest BCUT2D eigenvalue weighted by Crippen LogP contribution is 2.35. The molecular formula is C23H35N9O3S. The van der Waals surface area contributed by atoms with Crippen LogP contribution in [0.25, 0.3) is 0 Å². The molecule has 2 saturated carbocycles. The highest BCUT2D eigenvalue weighted by Gasteiger charge is 2.25. The Morgan fingerprint density at radius 3 is 2.47 bits per heavy atom. The number of primary amides is 1. The molecule has 0 atom stereocenters. The number of hydrogen-bond acceptors (Lipinski definition) is 8. The summed E-state index contributed by atoms with van der Waals surface area (Å²) in [5.74, 6) is 0.131. The standard InChI is InChI=1S/C23H35N9O3S/c24-22(35)25-13-12-17-14-32(31-28-17)18-8-6-16(7-9-18)26-19(33)10-11-20(34)27-23-30-29-21(36-23)15-4-2-1-3-5-15/h14-16,18H,1-13H2,(H,26,33)(H3,24,25,35)(H,27,30,34). The van der Waals surface area contributed by atoms with Crippen molar-refractivity contribution >= 4 is 34.3 Å². The molecule has 36 heavy (non-hydrogen) atoms. The molecule has 4 rings (SSSR count). The fourth-order valence-corrected chi connectivity index (χ4v) is 5.84. The van der Waals surface area contributed by atoms with Crippen LogP contribution in [0.2, 0.25) is 0 Å². The first-order chi connectivity index (χ1) is 17.5. The van der Waals surface area contributed by atoms with E-state index in [-0.39, 0.29) is 36.7 Å². The molecule has 2 fully saturated rings. The predicted octanol–water partition coefficient (Wildman–Crippen LogP) is 2.41. The number of aromatic nitrogens is 5. The van der Waals surface area contributed by atoms with Gasteiger partial charge >= 0.3 is 6.03 Å². The van der Waals surface area contributed by atoms with Crippen LogP contribution < -0.4 is 21.7 Å². The Balaban J connectivity index is 1.12. The van der Waals surface area contributed by atoms with Gasteiger partial charge < -0.3 is 21.7 Å². The van der Waals surface area contributed by atoms with Crippen LogP contribution in [0.1, 0.15) is 93.3 Å². The van der Waals surface area contributed by atoms with Gasteiger partial charge in [0, 0.05) is 44.0 Å². The highest BCUT2D eigenvalue weighted by molar-refractivity contribution is 7.15. The summed E-state index contributed by atoms with van der Waals surface area (Å²) in [6, 6.07) is -0.218.